The van der Waals surface area contributed by atoms with Crippen LogP contribution in [-0.2, 0) is 24.0 Å². The van der Waals surface area contributed by atoms with E-state index in [4.69, 9.17) is 25.4 Å². The summed E-state index contributed by atoms with van der Waals surface area (Å²) in [4.78, 5) is 13.1. The second-order valence-corrected chi connectivity index (χ2v) is 11.2. The maximum atomic E-state index is 13.1. The Morgan fingerprint density at radius 2 is 1.80 bits per heavy atom. The quantitative estimate of drug-likeness (QED) is 0.320. The first-order valence-electron chi connectivity index (χ1n) is 15.0. The molecule has 3 aliphatic rings. The number of rotatable bonds is 7. The number of carbonyl (C=O) groups excluding carboxylic acids is 1. The first kappa shape index (κ1) is 32.1. The van der Waals surface area contributed by atoms with Crippen molar-refractivity contribution in [2.75, 3.05) is 26.9 Å². The molecule has 0 bridgehead atoms. The van der Waals surface area contributed by atoms with Crippen molar-refractivity contribution in [2.45, 2.75) is 96.7 Å². The first-order valence-corrected chi connectivity index (χ1v) is 15.0. The van der Waals surface area contributed by atoms with Crippen molar-refractivity contribution in [3.8, 4) is 11.5 Å². The largest absolute Gasteiger partial charge is 0.507 e. The van der Waals surface area contributed by atoms with E-state index in [2.05, 4.69) is 13.0 Å². The number of aromatic hydroxyl groups is 1. The second kappa shape index (κ2) is 16.1. The summed E-state index contributed by atoms with van der Waals surface area (Å²) in [6.45, 7) is 6.45. The summed E-state index contributed by atoms with van der Waals surface area (Å²) in [5.41, 5.74) is 10.4. The fourth-order valence-corrected chi connectivity index (χ4v) is 5.73. The number of aliphatic hydroxyl groups is 2. The van der Waals surface area contributed by atoms with Crippen molar-refractivity contribution in [1.82, 2.24) is 0 Å². The van der Waals surface area contributed by atoms with Crippen molar-refractivity contribution < 1.29 is 29.6 Å². The summed E-state index contributed by atoms with van der Waals surface area (Å²) in [6.07, 6.45) is 10.0. The van der Waals surface area contributed by atoms with E-state index in [1.807, 2.05) is 18.2 Å². The van der Waals surface area contributed by atoms with Gasteiger partial charge in [-0.25, -0.2) is 0 Å². The summed E-state index contributed by atoms with van der Waals surface area (Å²) in [5, 5.41) is 28.8. The highest BCUT2D eigenvalue weighted by Gasteiger charge is 2.32. The number of benzene rings is 2. The van der Waals surface area contributed by atoms with E-state index in [-0.39, 0.29) is 23.7 Å². The lowest BCUT2D eigenvalue weighted by Gasteiger charge is -2.29. The number of fused-ring (bicyclic) bond motifs is 3. The highest BCUT2D eigenvalue weighted by atomic mass is 16.5. The lowest BCUT2D eigenvalue weighted by atomic mass is 9.76. The van der Waals surface area contributed by atoms with E-state index < -0.39 is 0 Å². The van der Waals surface area contributed by atoms with Crippen molar-refractivity contribution in [1.29, 1.82) is 0 Å². The van der Waals surface area contributed by atoms with Crippen LogP contribution in [0.15, 0.2) is 24.3 Å². The average molecular weight is 556 g/mol. The monoisotopic (exact) mass is 555 g/mol. The fourth-order valence-electron chi connectivity index (χ4n) is 5.73. The Balaban J connectivity index is 0.000000227. The summed E-state index contributed by atoms with van der Waals surface area (Å²) >= 11 is 0. The van der Waals surface area contributed by atoms with Gasteiger partial charge in [-0.15, -0.1) is 0 Å². The molecule has 0 radical (unpaired) electrons. The Morgan fingerprint density at radius 3 is 2.38 bits per heavy atom. The Hall–Kier alpha value is -2.45. The maximum Gasteiger partial charge on any atom is 0.201 e. The minimum absolute atomic E-state index is 0.110. The lowest BCUT2D eigenvalue weighted by molar-refractivity contribution is 0.0968. The summed E-state index contributed by atoms with van der Waals surface area (Å²) < 4.78 is 10.4. The van der Waals surface area contributed by atoms with Crippen molar-refractivity contribution in [2.24, 2.45) is 11.7 Å². The number of hydrogen-bond acceptors (Lipinski definition) is 7. The average Bonchev–Trinajstić information content (AvgIpc) is 2.97. The van der Waals surface area contributed by atoms with Crippen LogP contribution in [0.4, 0.5) is 0 Å². The van der Waals surface area contributed by atoms with Crippen LogP contribution in [0.5, 0.6) is 11.5 Å². The number of hydrogen-bond donors (Lipinski definition) is 4. The molecule has 40 heavy (non-hydrogen) atoms. The highest BCUT2D eigenvalue weighted by molar-refractivity contribution is 6.15. The van der Waals surface area contributed by atoms with Crippen LogP contribution in [-0.4, -0.2) is 60.2 Å². The maximum absolute atomic E-state index is 13.1. The van der Waals surface area contributed by atoms with Gasteiger partial charge in [0, 0.05) is 13.2 Å². The summed E-state index contributed by atoms with van der Waals surface area (Å²) in [5.74, 6) is 1.37. The number of aliphatic hydroxyl groups excluding tert-OH is 2. The van der Waals surface area contributed by atoms with Crippen LogP contribution in [0, 0.1) is 5.92 Å². The molecule has 2 aromatic rings. The van der Waals surface area contributed by atoms with Crippen LogP contribution in [0.2, 0.25) is 0 Å². The number of methoxy groups -OCH3 is 1. The molecule has 7 nitrogen and oxygen atoms in total. The van der Waals surface area contributed by atoms with Crippen LogP contribution in [0.1, 0.15) is 103 Å². The predicted octanol–water partition coefficient (Wildman–Crippen LogP) is 5.09. The van der Waals surface area contributed by atoms with Gasteiger partial charge >= 0.3 is 0 Å². The molecule has 1 heterocycles. The number of phenolic OH excluding ortho intramolecular Hbond substituents is 1. The molecule has 0 amide bonds. The van der Waals surface area contributed by atoms with E-state index in [0.29, 0.717) is 55.0 Å². The standard InChI is InChI=1S/C21H22O3.C7H17NO2.C5H10O/c1-3-12-7-8-16-14(9-12)11-15-10-13-5-4-6-17(24-2)18(13)21(23)19(15)20(16)22;1-6(9)2-3-7(10)4-5-8;1-2-4-6-5-3-1/h4-6,11-12,22H,3,7-10H2,1-2H3;6-7,9-10H,2-5,8H2,1H3;1-5H2/t12-;6?,7-;/m01./s1. The van der Waals surface area contributed by atoms with Gasteiger partial charge in [0.15, 0.2) is 0 Å². The zero-order valence-electron chi connectivity index (χ0n) is 24.6. The van der Waals surface area contributed by atoms with E-state index in [1.54, 1.807) is 14.0 Å². The normalized spacial score (nSPS) is 18.9. The molecule has 3 atom stereocenters. The summed E-state index contributed by atoms with van der Waals surface area (Å²) in [6, 6.07) is 7.86. The van der Waals surface area contributed by atoms with Gasteiger partial charge in [0.25, 0.3) is 0 Å². The molecular formula is C33H49NO6. The molecule has 2 aromatic carbocycles. The lowest BCUT2D eigenvalue weighted by Crippen LogP contribution is -2.20. The molecule has 0 spiro atoms. The van der Waals surface area contributed by atoms with Gasteiger partial charge in [0.1, 0.15) is 11.5 Å². The number of ether oxygens (including phenoxy) is 2. The molecule has 1 aliphatic heterocycles. The van der Waals surface area contributed by atoms with Gasteiger partial charge in [-0.05, 0) is 112 Å². The van der Waals surface area contributed by atoms with E-state index in [9.17, 15) is 9.90 Å². The van der Waals surface area contributed by atoms with Gasteiger partial charge in [0.05, 0.1) is 30.4 Å². The van der Waals surface area contributed by atoms with Gasteiger partial charge in [0.2, 0.25) is 5.78 Å². The molecule has 0 saturated carbocycles. The zero-order valence-corrected chi connectivity index (χ0v) is 24.6. The Morgan fingerprint density at radius 1 is 1.05 bits per heavy atom. The Bertz CT molecular complexity index is 1080. The molecule has 0 aromatic heterocycles. The number of nitrogens with two attached hydrogens (primary N) is 1. The molecule has 5 N–H and O–H groups in total. The minimum Gasteiger partial charge on any atom is -0.507 e. The van der Waals surface area contributed by atoms with E-state index in [0.717, 1.165) is 55.6 Å². The molecule has 1 fully saturated rings. The number of ketones is 1. The molecule has 2 aliphatic carbocycles. The van der Waals surface area contributed by atoms with Gasteiger partial charge in [-0.3, -0.25) is 4.79 Å². The topological polar surface area (TPSA) is 122 Å². The molecule has 7 heteroatoms. The molecule has 222 valence electrons. The molecule has 1 saturated heterocycles. The summed E-state index contributed by atoms with van der Waals surface area (Å²) in [7, 11) is 1.58. The SMILES string of the molecule is C1CCOCC1.CC(O)CC[C@@H](O)CCN.CC[C@H]1CCc2c(cc3c(c2O)C(=O)c2c(cccc2OC)C3)C1. The number of phenols is 1. The van der Waals surface area contributed by atoms with E-state index in [1.165, 1.54) is 24.8 Å². The Kier molecular flexibility index (Phi) is 12.9. The van der Waals surface area contributed by atoms with Crippen molar-refractivity contribution in [3.05, 3.63) is 57.6 Å². The predicted molar refractivity (Wildman–Crippen MR) is 158 cm³/mol. The van der Waals surface area contributed by atoms with Crippen LogP contribution in [0.3, 0.4) is 0 Å². The molecular weight excluding hydrogens is 506 g/mol. The van der Waals surface area contributed by atoms with Crippen LogP contribution < -0.4 is 10.5 Å². The molecule has 5 rings (SSSR count). The smallest absolute Gasteiger partial charge is 0.201 e. The highest BCUT2D eigenvalue weighted by Crippen LogP contribution is 2.42. The van der Waals surface area contributed by atoms with Gasteiger partial charge in [-0.2, -0.15) is 0 Å². The number of carbonyl (C=O) groups is 1. The fraction of sp³-hybridized carbons (Fsp3) is 0.606. The van der Waals surface area contributed by atoms with Crippen LogP contribution >= 0.6 is 0 Å². The van der Waals surface area contributed by atoms with Crippen LogP contribution in [0.25, 0.3) is 0 Å². The zero-order chi connectivity index (χ0) is 29.1. The minimum atomic E-state index is -0.334. The van der Waals surface area contributed by atoms with E-state index >= 15 is 0 Å². The van der Waals surface area contributed by atoms with Gasteiger partial charge < -0.3 is 30.5 Å². The third-order valence-corrected chi connectivity index (χ3v) is 8.13. The van der Waals surface area contributed by atoms with Crippen molar-refractivity contribution >= 4 is 5.78 Å². The first-order chi connectivity index (χ1) is 19.3. The third kappa shape index (κ3) is 8.53. The second-order valence-electron chi connectivity index (χ2n) is 11.2. The molecule has 1 unspecified atom stereocenters. The Labute approximate surface area is 239 Å². The third-order valence-electron chi connectivity index (χ3n) is 8.13. The van der Waals surface area contributed by atoms with Gasteiger partial charge in [-0.1, -0.05) is 31.5 Å². The van der Waals surface area contributed by atoms with Crippen molar-refractivity contribution in [3.63, 3.8) is 0 Å².